The van der Waals surface area contributed by atoms with Gasteiger partial charge in [-0.1, -0.05) is 41.5 Å². The summed E-state index contributed by atoms with van der Waals surface area (Å²) in [5, 5.41) is 58.5. The van der Waals surface area contributed by atoms with Crippen LogP contribution in [-0.2, 0) is 17.1 Å². The second-order valence-electron chi connectivity index (χ2n) is 7.90. The second-order valence-corrected chi connectivity index (χ2v) is 7.90. The van der Waals surface area contributed by atoms with E-state index in [0.29, 0.717) is 14.2 Å². The first-order valence-electron chi connectivity index (χ1n) is 10.2. The van der Waals surface area contributed by atoms with E-state index in [-0.39, 0.29) is 34.8 Å². The molecule has 13 heteroatoms. The van der Waals surface area contributed by atoms with Crippen molar-refractivity contribution in [2.45, 2.75) is 59.3 Å². The Morgan fingerprint density at radius 1 is 0.559 bits per heavy atom. The smallest absolute Gasteiger partial charge is 0.499 e. The number of rotatable bonds is 3. The van der Waals surface area contributed by atoms with Crippen molar-refractivity contribution >= 4 is 0 Å². The molecule has 0 aliphatic carbocycles. The summed E-state index contributed by atoms with van der Waals surface area (Å²) in [6, 6.07) is 3.32. The number of aromatic hydroxyl groups is 3. The summed E-state index contributed by atoms with van der Waals surface area (Å²) in [5.41, 5.74) is 2.15. The molecule has 0 unspecified atom stereocenters. The summed E-state index contributed by atoms with van der Waals surface area (Å²) < 4.78 is 0.976. The molecule has 0 saturated carbocycles. The normalized spacial score (nSPS) is 10.1. The van der Waals surface area contributed by atoms with Crippen molar-refractivity contribution < 1.29 is 46.6 Å². The van der Waals surface area contributed by atoms with Crippen molar-refractivity contribution in [1.82, 2.24) is 15.0 Å². The fourth-order valence-electron chi connectivity index (χ4n) is 2.20. The number of hydrogen-bond acceptors (Lipinski definition) is 9. The van der Waals surface area contributed by atoms with Crippen LogP contribution in [0.25, 0.3) is 0 Å². The molecule has 3 rings (SSSR count). The zero-order valence-corrected chi connectivity index (χ0v) is 20.9. The minimum atomic E-state index is -0.490. The molecular formula is C21H30FeN6O6. The molecule has 3 heterocycles. The van der Waals surface area contributed by atoms with Crippen LogP contribution in [0.3, 0.4) is 0 Å². The van der Waals surface area contributed by atoms with Crippen molar-refractivity contribution in [3.8, 4) is 18.0 Å². The molecule has 0 atom stereocenters. The molecule has 188 valence electrons. The summed E-state index contributed by atoms with van der Waals surface area (Å²) >= 11 is 0. The van der Waals surface area contributed by atoms with Gasteiger partial charge in [0, 0.05) is 53.0 Å². The van der Waals surface area contributed by atoms with Crippen LogP contribution in [0.5, 0.6) is 18.0 Å². The Morgan fingerprint density at radius 2 is 0.765 bits per heavy atom. The van der Waals surface area contributed by atoms with Gasteiger partial charge in [-0.15, -0.1) is 0 Å². The van der Waals surface area contributed by atoms with Crippen LogP contribution in [0.15, 0.2) is 36.8 Å². The quantitative estimate of drug-likeness (QED) is 0.264. The van der Waals surface area contributed by atoms with Crippen molar-refractivity contribution in [2.24, 2.45) is 0 Å². The molecule has 0 aliphatic rings. The third-order valence-electron chi connectivity index (χ3n) is 4.20. The summed E-state index contributed by atoms with van der Waals surface area (Å²) in [7, 11) is 0. The van der Waals surface area contributed by atoms with Gasteiger partial charge in [-0.05, 0) is 15.0 Å². The van der Waals surface area contributed by atoms with Crippen molar-refractivity contribution in [3.63, 3.8) is 0 Å². The third kappa shape index (κ3) is 9.59. The van der Waals surface area contributed by atoms with E-state index in [2.05, 4.69) is 15.0 Å². The zero-order valence-electron chi connectivity index (χ0n) is 19.8. The summed E-state index contributed by atoms with van der Waals surface area (Å²) in [4.78, 5) is 11.0. The molecule has 34 heavy (non-hydrogen) atoms. The Morgan fingerprint density at radius 3 is 0.912 bits per heavy atom. The van der Waals surface area contributed by atoms with Crippen molar-refractivity contribution in [3.05, 3.63) is 69.5 Å². The molecule has 0 amide bonds. The Balaban J connectivity index is 0.000000473. The molecule has 3 N–H and O–H groups in total. The average molecular weight is 518 g/mol. The molecule has 0 saturated heterocycles. The summed E-state index contributed by atoms with van der Waals surface area (Å²) in [6.45, 7) is 11.6. The second kappa shape index (κ2) is 14.0. The number of hydrogen-bond donors (Lipinski definition) is 3. The van der Waals surface area contributed by atoms with E-state index in [0.717, 1.165) is 17.1 Å². The standard InChI is InChI=1S/3C7H10N2O2.Fe/c3*1-5(2)6-3-4-9(11)7(10)8-6;/h3*3-5H,1-2H3,(H,8,10);. The molecule has 12 nitrogen and oxygen atoms in total. The zero-order chi connectivity index (χ0) is 25.3. The first kappa shape index (κ1) is 30.6. The van der Waals surface area contributed by atoms with Crippen LogP contribution < -0.4 is 14.2 Å². The molecule has 3 aromatic heterocycles. The van der Waals surface area contributed by atoms with Gasteiger partial charge in [0.15, 0.2) is 17.1 Å². The van der Waals surface area contributed by atoms with Crippen LogP contribution >= 0.6 is 0 Å². The van der Waals surface area contributed by atoms with E-state index in [4.69, 9.17) is 15.3 Å². The molecule has 0 radical (unpaired) electrons. The first-order valence-corrected chi connectivity index (χ1v) is 10.2. The van der Waals surface area contributed by atoms with E-state index in [9.17, 15) is 15.6 Å². The van der Waals surface area contributed by atoms with E-state index in [1.807, 2.05) is 41.5 Å². The predicted octanol–water partition coefficient (Wildman–Crippen LogP) is 1.63. The first-order chi connectivity index (χ1) is 15.3. The third-order valence-corrected chi connectivity index (χ3v) is 4.20. The van der Waals surface area contributed by atoms with E-state index >= 15 is 0 Å². The van der Waals surface area contributed by atoms with E-state index in [1.165, 1.54) is 18.6 Å². The Bertz CT molecular complexity index is 920. The van der Waals surface area contributed by atoms with Crippen molar-refractivity contribution in [2.75, 3.05) is 0 Å². The van der Waals surface area contributed by atoms with Gasteiger partial charge in [0.25, 0.3) is 0 Å². The largest absolute Gasteiger partial charge is 0.708 e. The predicted molar refractivity (Wildman–Crippen MR) is 117 cm³/mol. The van der Waals surface area contributed by atoms with Crippen LogP contribution in [0, 0.1) is 15.6 Å². The minimum absolute atomic E-state index is 0. The van der Waals surface area contributed by atoms with Gasteiger partial charge in [0.1, 0.15) is 18.6 Å². The molecule has 0 aromatic carbocycles. The monoisotopic (exact) mass is 518 g/mol. The molecule has 3 aromatic rings. The summed E-state index contributed by atoms with van der Waals surface area (Å²) in [6.07, 6.45) is 3.74. The van der Waals surface area contributed by atoms with Crippen LogP contribution in [-0.4, -0.2) is 30.3 Å². The van der Waals surface area contributed by atoms with Gasteiger partial charge in [-0.25, -0.2) is 14.2 Å². The maximum Gasteiger partial charge on any atom is 0.499 e. The van der Waals surface area contributed by atoms with Crippen molar-refractivity contribution in [1.29, 1.82) is 0 Å². The molecule has 0 fully saturated rings. The van der Waals surface area contributed by atoms with Gasteiger partial charge < -0.3 is 30.9 Å². The van der Waals surface area contributed by atoms with E-state index in [1.54, 1.807) is 18.2 Å². The molecular weight excluding hydrogens is 488 g/mol. The van der Waals surface area contributed by atoms with E-state index < -0.39 is 18.0 Å². The van der Waals surface area contributed by atoms with Gasteiger partial charge in [0.2, 0.25) is 0 Å². The minimum Gasteiger partial charge on any atom is -0.708 e. The van der Waals surface area contributed by atoms with Crippen LogP contribution in [0.1, 0.15) is 76.4 Å². The molecule has 0 spiro atoms. The van der Waals surface area contributed by atoms with Crippen LogP contribution in [0.4, 0.5) is 0 Å². The average Bonchev–Trinajstić information content (AvgIpc) is 2.74. The topological polar surface area (TPSA) is 180 Å². The fraction of sp³-hybridized carbons (Fsp3) is 0.429. The van der Waals surface area contributed by atoms with Gasteiger partial charge in [-0.3, -0.25) is 0 Å². The SMILES string of the molecule is CC(C)c1cc[n+]([O-])c(O)n1.CC(C)c1cc[n+]([O-])c(O)n1.CC(C)c1cc[n+]([O-])c(O)n1.[Fe]. The van der Waals surface area contributed by atoms with Crippen LogP contribution in [0.2, 0.25) is 0 Å². The van der Waals surface area contributed by atoms with Gasteiger partial charge >= 0.3 is 18.0 Å². The van der Waals surface area contributed by atoms with Gasteiger partial charge in [-0.2, -0.15) is 0 Å². The Kier molecular flexibility index (Phi) is 12.5. The maximum absolute atomic E-state index is 10.6. The number of nitrogens with zero attached hydrogens (tertiary/aromatic N) is 6. The molecule has 0 bridgehead atoms. The molecule has 0 aliphatic heterocycles. The summed E-state index contributed by atoms with van der Waals surface area (Å²) in [5.74, 6) is 0.672. The Labute approximate surface area is 208 Å². The Hall–Kier alpha value is -3.44. The number of aromatic nitrogens is 6. The fourth-order valence-corrected chi connectivity index (χ4v) is 2.20. The maximum atomic E-state index is 10.6. The van der Waals surface area contributed by atoms with Gasteiger partial charge in [0.05, 0.1) is 0 Å².